The molecule has 0 radical (unpaired) electrons. The number of hydrogen-bond donors (Lipinski definition) is 1. The summed E-state index contributed by atoms with van der Waals surface area (Å²) in [6.45, 7) is 0.943. The van der Waals surface area contributed by atoms with Crippen LogP contribution in [0.3, 0.4) is 0 Å². The van der Waals surface area contributed by atoms with Crippen molar-refractivity contribution in [2.45, 2.75) is 31.7 Å². The normalized spacial score (nSPS) is 15.8. The summed E-state index contributed by atoms with van der Waals surface area (Å²) in [4.78, 5) is 26.4. The summed E-state index contributed by atoms with van der Waals surface area (Å²) < 4.78 is 25.0. The molecule has 1 aliphatic heterocycles. The quantitative estimate of drug-likeness (QED) is 0.698. The second-order valence-corrected chi connectivity index (χ2v) is 6.96. The maximum atomic E-state index is 14.4. The van der Waals surface area contributed by atoms with Gasteiger partial charge < -0.3 is 20.1 Å². The van der Waals surface area contributed by atoms with Gasteiger partial charge in [0, 0.05) is 6.54 Å². The Kier molecular flexibility index (Phi) is 8.62. The summed E-state index contributed by atoms with van der Waals surface area (Å²) in [5, 5.41) is 0. The standard InChI is InChI=1S/C22H25FN2O4.ClH/c1-28-22(27)20-4-2-3-13-25(20)21(26)18-14-17(9-10-19(18)23)29-16-7-5-15(6-8-16)11-12-24;/h5-10,14,20H,2-4,11-13,24H2,1H3;1H. The minimum absolute atomic E-state index is 0. The number of piperidine rings is 1. The summed E-state index contributed by atoms with van der Waals surface area (Å²) >= 11 is 0. The predicted molar refractivity (Wildman–Crippen MR) is 114 cm³/mol. The Morgan fingerprint density at radius 2 is 1.83 bits per heavy atom. The zero-order valence-electron chi connectivity index (χ0n) is 16.8. The fourth-order valence-electron chi connectivity index (χ4n) is 3.47. The average Bonchev–Trinajstić information content (AvgIpc) is 2.75. The van der Waals surface area contributed by atoms with Gasteiger partial charge in [-0.2, -0.15) is 0 Å². The van der Waals surface area contributed by atoms with Crippen LogP contribution in [-0.2, 0) is 16.0 Å². The van der Waals surface area contributed by atoms with Gasteiger partial charge in [-0.25, -0.2) is 9.18 Å². The Bertz CT molecular complexity index is 876. The largest absolute Gasteiger partial charge is 0.467 e. The van der Waals surface area contributed by atoms with Crippen molar-refractivity contribution in [1.82, 2.24) is 4.90 Å². The van der Waals surface area contributed by atoms with Crippen molar-refractivity contribution in [3.8, 4) is 11.5 Å². The molecule has 1 heterocycles. The number of amides is 1. The molecule has 2 aromatic carbocycles. The van der Waals surface area contributed by atoms with Gasteiger partial charge in [-0.05, 0) is 68.1 Å². The number of likely N-dealkylation sites (tertiary alicyclic amines) is 1. The average molecular weight is 437 g/mol. The molecule has 2 aromatic rings. The first-order valence-electron chi connectivity index (χ1n) is 9.68. The minimum Gasteiger partial charge on any atom is -0.467 e. The molecule has 1 fully saturated rings. The number of methoxy groups -OCH3 is 1. The van der Waals surface area contributed by atoms with Crippen LogP contribution >= 0.6 is 12.4 Å². The van der Waals surface area contributed by atoms with E-state index in [9.17, 15) is 14.0 Å². The maximum absolute atomic E-state index is 14.4. The van der Waals surface area contributed by atoms with Crippen LogP contribution in [0.15, 0.2) is 42.5 Å². The molecular formula is C22H26ClFN2O4. The molecule has 0 bridgehead atoms. The van der Waals surface area contributed by atoms with Gasteiger partial charge in [0.1, 0.15) is 23.4 Å². The van der Waals surface area contributed by atoms with Gasteiger partial charge in [-0.15, -0.1) is 12.4 Å². The Balaban J connectivity index is 0.00000320. The van der Waals surface area contributed by atoms with E-state index in [1.165, 1.54) is 30.2 Å². The first-order chi connectivity index (χ1) is 14.0. The van der Waals surface area contributed by atoms with E-state index in [1.807, 2.05) is 12.1 Å². The van der Waals surface area contributed by atoms with Crippen molar-refractivity contribution in [2.75, 3.05) is 20.2 Å². The second-order valence-electron chi connectivity index (χ2n) is 6.96. The lowest BCUT2D eigenvalue weighted by Gasteiger charge is -2.33. The van der Waals surface area contributed by atoms with Crippen LogP contribution in [0, 0.1) is 5.82 Å². The lowest BCUT2D eigenvalue weighted by atomic mass is 10.0. The highest BCUT2D eigenvalue weighted by Gasteiger charge is 2.34. The molecular weight excluding hydrogens is 411 g/mol. The number of ether oxygens (including phenoxy) is 2. The molecule has 0 spiro atoms. The Morgan fingerprint density at radius 3 is 2.50 bits per heavy atom. The number of rotatable bonds is 6. The van der Waals surface area contributed by atoms with Crippen molar-refractivity contribution in [3.63, 3.8) is 0 Å². The SMILES string of the molecule is COC(=O)C1CCCCN1C(=O)c1cc(Oc2ccc(CCN)cc2)ccc1F.Cl. The number of halogens is 2. The molecule has 2 N–H and O–H groups in total. The van der Waals surface area contributed by atoms with E-state index >= 15 is 0 Å². The molecule has 0 aromatic heterocycles. The summed E-state index contributed by atoms with van der Waals surface area (Å²) in [5.41, 5.74) is 6.51. The molecule has 1 atom stereocenters. The van der Waals surface area contributed by atoms with Gasteiger partial charge >= 0.3 is 5.97 Å². The predicted octanol–water partition coefficient (Wildman–Crippen LogP) is 3.71. The molecule has 1 aliphatic rings. The minimum atomic E-state index is -0.694. The van der Waals surface area contributed by atoms with Crippen LogP contribution in [0.25, 0.3) is 0 Å². The van der Waals surface area contributed by atoms with Crippen LogP contribution in [0.2, 0.25) is 0 Å². The summed E-state index contributed by atoms with van der Waals surface area (Å²) in [6, 6.07) is 10.8. The van der Waals surface area contributed by atoms with Crippen LogP contribution in [0.4, 0.5) is 4.39 Å². The monoisotopic (exact) mass is 436 g/mol. The van der Waals surface area contributed by atoms with Crippen molar-refractivity contribution in [1.29, 1.82) is 0 Å². The molecule has 162 valence electrons. The number of carbonyl (C=O) groups is 2. The number of esters is 1. The van der Waals surface area contributed by atoms with E-state index in [1.54, 1.807) is 12.1 Å². The van der Waals surface area contributed by atoms with Gasteiger partial charge in [-0.1, -0.05) is 12.1 Å². The Morgan fingerprint density at radius 1 is 1.13 bits per heavy atom. The van der Waals surface area contributed by atoms with E-state index in [-0.39, 0.29) is 18.0 Å². The smallest absolute Gasteiger partial charge is 0.328 e. The summed E-state index contributed by atoms with van der Waals surface area (Å²) in [6.07, 6.45) is 2.85. The summed E-state index contributed by atoms with van der Waals surface area (Å²) in [7, 11) is 1.29. The molecule has 1 saturated heterocycles. The van der Waals surface area contributed by atoms with E-state index in [0.717, 1.165) is 24.8 Å². The van der Waals surface area contributed by atoms with E-state index in [0.29, 0.717) is 31.0 Å². The van der Waals surface area contributed by atoms with Gasteiger partial charge in [0.2, 0.25) is 0 Å². The molecule has 6 nitrogen and oxygen atoms in total. The number of nitrogens with zero attached hydrogens (tertiary/aromatic N) is 1. The van der Waals surface area contributed by atoms with Crippen molar-refractivity contribution < 1.29 is 23.5 Å². The fourth-order valence-corrected chi connectivity index (χ4v) is 3.47. The molecule has 1 unspecified atom stereocenters. The van der Waals surface area contributed by atoms with Crippen LogP contribution in [-0.4, -0.2) is 43.0 Å². The first-order valence-corrected chi connectivity index (χ1v) is 9.68. The summed E-state index contributed by atoms with van der Waals surface area (Å²) in [5.74, 6) is -0.770. The van der Waals surface area contributed by atoms with Crippen LogP contribution in [0.1, 0.15) is 35.2 Å². The fraction of sp³-hybridized carbons (Fsp3) is 0.364. The third-order valence-electron chi connectivity index (χ3n) is 5.00. The molecule has 0 aliphatic carbocycles. The third-order valence-corrected chi connectivity index (χ3v) is 5.00. The highest BCUT2D eigenvalue weighted by molar-refractivity contribution is 5.97. The van der Waals surface area contributed by atoms with E-state index in [2.05, 4.69) is 0 Å². The van der Waals surface area contributed by atoms with Crippen LogP contribution in [0.5, 0.6) is 11.5 Å². The van der Waals surface area contributed by atoms with Gasteiger partial charge in [0.25, 0.3) is 5.91 Å². The Labute approximate surface area is 181 Å². The molecule has 0 saturated carbocycles. The molecule has 30 heavy (non-hydrogen) atoms. The van der Waals surface area contributed by atoms with E-state index in [4.69, 9.17) is 15.2 Å². The second kappa shape index (κ2) is 10.9. The van der Waals surface area contributed by atoms with Gasteiger partial charge in [-0.3, -0.25) is 4.79 Å². The van der Waals surface area contributed by atoms with Gasteiger partial charge in [0.05, 0.1) is 12.7 Å². The van der Waals surface area contributed by atoms with Crippen LogP contribution < -0.4 is 10.5 Å². The third kappa shape index (κ3) is 5.49. The Hall–Kier alpha value is -2.64. The van der Waals surface area contributed by atoms with Crippen molar-refractivity contribution >= 4 is 24.3 Å². The zero-order chi connectivity index (χ0) is 20.8. The molecule has 8 heteroatoms. The lowest BCUT2D eigenvalue weighted by molar-refractivity contribution is -0.147. The maximum Gasteiger partial charge on any atom is 0.328 e. The number of hydrogen-bond acceptors (Lipinski definition) is 5. The number of carbonyl (C=O) groups excluding carboxylic acids is 2. The van der Waals surface area contributed by atoms with Crippen molar-refractivity contribution in [2.24, 2.45) is 5.73 Å². The van der Waals surface area contributed by atoms with Crippen molar-refractivity contribution in [3.05, 3.63) is 59.4 Å². The van der Waals surface area contributed by atoms with E-state index < -0.39 is 23.7 Å². The highest BCUT2D eigenvalue weighted by Crippen LogP contribution is 2.27. The van der Waals surface area contributed by atoms with Gasteiger partial charge in [0.15, 0.2) is 0 Å². The molecule has 3 rings (SSSR count). The number of nitrogens with two attached hydrogens (primary N) is 1. The zero-order valence-corrected chi connectivity index (χ0v) is 17.6. The first kappa shape index (κ1) is 23.6. The topological polar surface area (TPSA) is 81.9 Å². The lowest BCUT2D eigenvalue weighted by Crippen LogP contribution is -2.48. The molecule has 1 amide bonds. The number of benzene rings is 2. The highest BCUT2D eigenvalue weighted by atomic mass is 35.5.